The zero-order valence-electron chi connectivity index (χ0n) is 13.3. The summed E-state index contributed by atoms with van der Waals surface area (Å²) in [7, 11) is 0. The molecule has 0 saturated carbocycles. The molecule has 0 aromatic heterocycles. The van der Waals surface area contributed by atoms with Crippen molar-refractivity contribution < 1.29 is 19.4 Å². The molecule has 2 unspecified atom stereocenters. The second-order valence-corrected chi connectivity index (χ2v) is 6.22. The van der Waals surface area contributed by atoms with Gasteiger partial charge in [-0.25, -0.2) is 0 Å². The minimum Gasteiger partial charge on any atom is -0.378 e. The summed E-state index contributed by atoms with van der Waals surface area (Å²) in [6.45, 7) is 0. The molecule has 1 aliphatic heterocycles. The second kappa shape index (κ2) is 5.62. The number of hydrogen-bond donors (Lipinski definition) is 1. The third kappa shape index (κ3) is 2.22. The van der Waals surface area contributed by atoms with Crippen molar-refractivity contribution in [1.82, 2.24) is 0 Å². The van der Waals surface area contributed by atoms with Crippen LogP contribution in [0.25, 0.3) is 0 Å². The maximum atomic E-state index is 12.9. The van der Waals surface area contributed by atoms with E-state index in [0.717, 1.165) is 0 Å². The molecule has 2 aromatic carbocycles. The van der Waals surface area contributed by atoms with Gasteiger partial charge in [-0.05, 0) is 29.9 Å². The van der Waals surface area contributed by atoms with Crippen LogP contribution in [0, 0.1) is 0 Å². The van der Waals surface area contributed by atoms with Crippen LogP contribution >= 0.6 is 0 Å². The third-order valence-corrected chi connectivity index (χ3v) is 4.79. The molecule has 1 saturated heterocycles. The SMILES string of the molecule is O=C1C=CC2(C=C1)OC(C(=O)c1ccccc1)C2(O)c1ccccc1. The van der Waals surface area contributed by atoms with E-state index in [1.807, 2.05) is 12.1 Å². The van der Waals surface area contributed by atoms with E-state index >= 15 is 0 Å². The molecule has 0 radical (unpaired) electrons. The number of allylic oxidation sites excluding steroid dienone is 2. The topological polar surface area (TPSA) is 63.6 Å². The molecular weight excluding hydrogens is 316 g/mol. The van der Waals surface area contributed by atoms with Crippen LogP contribution in [0.2, 0.25) is 0 Å². The van der Waals surface area contributed by atoms with Crippen LogP contribution in [0.1, 0.15) is 15.9 Å². The fourth-order valence-electron chi connectivity index (χ4n) is 3.44. The fraction of sp³-hybridized carbons (Fsp3) is 0.143. The van der Waals surface area contributed by atoms with Crippen LogP contribution in [0.15, 0.2) is 85.0 Å². The van der Waals surface area contributed by atoms with E-state index in [1.165, 1.54) is 24.3 Å². The van der Waals surface area contributed by atoms with Crippen molar-refractivity contribution in [2.75, 3.05) is 0 Å². The predicted octanol–water partition coefficient (Wildman–Crippen LogP) is 2.59. The first kappa shape index (κ1) is 15.7. The van der Waals surface area contributed by atoms with Crippen LogP contribution in [0.5, 0.6) is 0 Å². The lowest BCUT2D eigenvalue weighted by molar-refractivity contribution is -0.298. The van der Waals surface area contributed by atoms with Crippen molar-refractivity contribution in [1.29, 1.82) is 0 Å². The quantitative estimate of drug-likeness (QED) is 0.878. The van der Waals surface area contributed by atoms with Gasteiger partial charge < -0.3 is 9.84 Å². The number of hydrogen-bond acceptors (Lipinski definition) is 4. The molecule has 0 amide bonds. The molecule has 0 bridgehead atoms. The van der Waals surface area contributed by atoms with Gasteiger partial charge in [-0.3, -0.25) is 9.59 Å². The van der Waals surface area contributed by atoms with Crippen LogP contribution in [-0.4, -0.2) is 28.4 Å². The minimum atomic E-state index is -1.59. The maximum Gasteiger partial charge on any atom is 0.195 e. The molecule has 4 heteroatoms. The first-order valence-electron chi connectivity index (χ1n) is 8.04. The average Bonchev–Trinajstić information content (AvgIpc) is 2.67. The van der Waals surface area contributed by atoms with E-state index in [2.05, 4.69) is 0 Å². The number of benzene rings is 2. The second-order valence-electron chi connectivity index (χ2n) is 6.22. The monoisotopic (exact) mass is 332 g/mol. The van der Waals surface area contributed by atoms with Crippen LogP contribution in [0.4, 0.5) is 0 Å². The van der Waals surface area contributed by atoms with Gasteiger partial charge in [0.1, 0.15) is 5.60 Å². The Morgan fingerprint density at radius 1 is 0.920 bits per heavy atom. The normalized spacial score (nSPS) is 26.4. The summed E-state index contributed by atoms with van der Waals surface area (Å²) < 4.78 is 5.88. The summed E-state index contributed by atoms with van der Waals surface area (Å²) in [5.74, 6) is -0.473. The lowest BCUT2D eigenvalue weighted by Gasteiger charge is -2.58. The number of Topliss-reactive ketones (excluding diaryl/α,β-unsaturated/α-hetero) is 1. The number of ether oxygens (including phenoxy) is 1. The number of carbonyl (C=O) groups is 2. The van der Waals surface area contributed by atoms with Gasteiger partial charge in [-0.15, -0.1) is 0 Å². The van der Waals surface area contributed by atoms with E-state index in [4.69, 9.17) is 4.74 Å². The Labute approximate surface area is 145 Å². The fourth-order valence-corrected chi connectivity index (χ4v) is 3.44. The molecule has 4 nitrogen and oxygen atoms in total. The molecule has 2 aromatic rings. The Morgan fingerprint density at radius 2 is 1.48 bits per heavy atom. The van der Waals surface area contributed by atoms with Crippen molar-refractivity contribution in [3.05, 3.63) is 96.1 Å². The van der Waals surface area contributed by atoms with Crippen molar-refractivity contribution in [2.24, 2.45) is 0 Å². The Bertz CT molecular complexity index is 867. The van der Waals surface area contributed by atoms with Crippen LogP contribution in [0.3, 0.4) is 0 Å². The number of aliphatic hydroxyl groups is 1. The van der Waals surface area contributed by atoms with E-state index < -0.39 is 17.3 Å². The van der Waals surface area contributed by atoms with E-state index in [-0.39, 0.29) is 11.6 Å². The third-order valence-electron chi connectivity index (χ3n) is 4.79. The highest BCUT2D eigenvalue weighted by Gasteiger charge is 2.68. The summed E-state index contributed by atoms with van der Waals surface area (Å²) in [6.07, 6.45) is 4.71. The van der Waals surface area contributed by atoms with Gasteiger partial charge in [-0.1, -0.05) is 60.7 Å². The lowest BCUT2D eigenvalue weighted by atomic mass is 9.65. The Balaban J connectivity index is 1.80. The van der Waals surface area contributed by atoms with Crippen LogP contribution < -0.4 is 0 Å². The predicted molar refractivity (Wildman–Crippen MR) is 92.0 cm³/mol. The molecule has 2 aliphatic rings. The summed E-state index contributed by atoms with van der Waals surface area (Å²) in [5.41, 5.74) is -1.78. The molecule has 124 valence electrons. The van der Waals surface area contributed by atoms with Gasteiger partial charge in [0.2, 0.25) is 0 Å². The molecule has 1 spiro atoms. The zero-order chi connectivity index (χ0) is 17.5. The average molecular weight is 332 g/mol. The summed E-state index contributed by atoms with van der Waals surface area (Å²) >= 11 is 0. The van der Waals surface area contributed by atoms with Gasteiger partial charge in [0.15, 0.2) is 23.3 Å². The number of carbonyl (C=O) groups excluding carboxylic acids is 2. The molecule has 1 fully saturated rings. The van der Waals surface area contributed by atoms with Gasteiger partial charge in [0.25, 0.3) is 0 Å². The summed E-state index contributed by atoms with van der Waals surface area (Å²) in [6, 6.07) is 17.7. The number of rotatable bonds is 3. The number of ketones is 2. The standard InChI is InChI=1S/C21H16O4/c22-17-11-13-20(14-12-17)21(24,16-9-5-2-6-10-16)19(25-20)18(23)15-7-3-1-4-8-15/h1-14,19,24H. The van der Waals surface area contributed by atoms with E-state index in [9.17, 15) is 14.7 Å². The van der Waals surface area contributed by atoms with Crippen molar-refractivity contribution in [3.63, 3.8) is 0 Å². The maximum absolute atomic E-state index is 12.9. The first-order chi connectivity index (χ1) is 12.1. The lowest BCUT2D eigenvalue weighted by Crippen LogP contribution is -2.73. The molecule has 1 heterocycles. The highest BCUT2D eigenvalue weighted by Crippen LogP contribution is 2.53. The Kier molecular flexibility index (Phi) is 3.53. The van der Waals surface area contributed by atoms with E-state index in [0.29, 0.717) is 11.1 Å². The largest absolute Gasteiger partial charge is 0.378 e. The van der Waals surface area contributed by atoms with Crippen molar-refractivity contribution in [3.8, 4) is 0 Å². The molecule has 25 heavy (non-hydrogen) atoms. The smallest absolute Gasteiger partial charge is 0.195 e. The Morgan fingerprint density at radius 3 is 2.08 bits per heavy atom. The van der Waals surface area contributed by atoms with Crippen LogP contribution in [-0.2, 0) is 15.1 Å². The highest BCUT2D eigenvalue weighted by atomic mass is 16.6. The first-order valence-corrected chi connectivity index (χ1v) is 8.04. The van der Waals surface area contributed by atoms with Gasteiger partial charge in [-0.2, -0.15) is 0 Å². The minimum absolute atomic E-state index is 0.178. The molecule has 4 rings (SSSR count). The molecular formula is C21H16O4. The zero-order valence-corrected chi connectivity index (χ0v) is 13.3. The molecule has 1 aliphatic carbocycles. The van der Waals surface area contributed by atoms with Crippen molar-refractivity contribution >= 4 is 11.6 Å². The van der Waals surface area contributed by atoms with Gasteiger partial charge in [0.05, 0.1) is 0 Å². The summed E-state index contributed by atoms with van der Waals surface area (Å²) in [4.78, 5) is 24.4. The highest BCUT2D eigenvalue weighted by molar-refractivity contribution is 6.03. The van der Waals surface area contributed by atoms with Gasteiger partial charge in [0, 0.05) is 5.56 Å². The Hall–Kier alpha value is -2.82. The molecule has 2 atom stereocenters. The summed E-state index contributed by atoms with van der Waals surface area (Å²) in [5, 5.41) is 11.6. The molecule has 1 N–H and O–H groups in total. The van der Waals surface area contributed by atoms with E-state index in [1.54, 1.807) is 48.5 Å². The van der Waals surface area contributed by atoms with Gasteiger partial charge >= 0.3 is 0 Å². The van der Waals surface area contributed by atoms with Crippen molar-refractivity contribution in [2.45, 2.75) is 17.3 Å².